The van der Waals surface area contributed by atoms with Gasteiger partial charge in [0, 0.05) is 147 Å². The molecule has 2 aromatic carbocycles. The van der Waals surface area contributed by atoms with Crippen LogP contribution in [0.4, 0.5) is 19.9 Å². The molecule has 10 N–H and O–H groups in total. The number of aliphatic carboxylic acids is 2. The van der Waals surface area contributed by atoms with Gasteiger partial charge in [-0.2, -0.15) is 34.1 Å². The van der Waals surface area contributed by atoms with E-state index in [0.29, 0.717) is 132 Å². The van der Waals surface area contributed by atoms with Crippen molar-refractivity contribution in [2.75, 3.05) is 84.3 Å². The number of carbonyl (C=O) groups excluding carboxylic acids is 6. The van der Waals surface area contributed by atoms with E-state index in [1.54, 1.807) is 57.7 Å². The molecule has 12 atom stereocenters. The van der Waals surface area contributed by atoms with Crippen molar-refractivity contribution in [1.29, 1.82) is 0 Å². The summed E-state index contributed by atoms with van der Waals surface area (Å²) < 4.78 is 84.7. The van der Waals surface area contributed by atoms with Crippen LogP contribution in [0.15, 0.2) is 83.6 Å². The molecule has 6 aromatic rings. The second kappa shape index (κ2) is 42.5. The summed E-state index contributed by atoms with van der Waals surface area (Å²) in [4.78, 5) is 135. The van der Waals surface area contributed by atoms with Crippen LogP contribution in [0.2, 0.25) is 0 Å². The van der Waals surface area contributed by atoms with E-state index in [-0.39, 0.29) is 88.7 Å². The Hall–Kier alpha value is -10.1. The number of thiazole rings is 2. The van der Waals surface area contributed by atoms with E-state index in [2.05, 4.69) is 49.5 Å². The lowest BCUT2D eigenvalue weighted by atomic mass is 9.70. The number of carbonyl (C=O) groups is 8. The quantitative estimate of drug-likeness (QED) is 0.0238. The predicted molar refractivity (Wildman–Crippen MR) is 515 cm³/mol. The fraction of sp³-hybridized carbons (Fsp3) is 0.621. The van der Waals surface area contributed by atoms with E-state index >= 15 is 4.79 Å². The number of pyridine rings is 2. The first-order chi connectivity index (χ1) is 64.5. The average Bonchev–Trinajstić information content (AvgIpc) is 1.59. The Bertz CT molecular complexity index is 5630. The second-order valence-electron chi connectivity index (χ2n) is 39.1. The third kappa shape index (κ3) is 22.8. The Labute approximate surface area is 798 Å². The Morgan fingerprint density at radius 3 is 1.47 bits per heavy atom. The molecular weight excluding hydrogens is 1810 g/mol. The molecule has 8 amide bonds. The van der Waals surface area contributed by atoms with Crippen molar-refractivity contribution in [3.05, 3.63) is 83.6 Å². The number of allylic oxidation sites excluding steroid dienone is 2. The molecule has 8 fully saturated rings. The summed E-state index contributed by atoms with van der Waals surface area (Å²) in [6.45, 7) is 15.7. The maximum absolute atomic E-state index is 15.2. The maximum atomic E-state index is 15.2. The Balaban J connectivity index is 0.000000206. The molecule has 0 spiro atoms. The molecule has 0 radical (unpaired) electrons. The van der Waals surface area contributed by atoms with Crippen molar-refractivity contribution >= 4 is 123 Å². The molecule has 40 heteroatoms. The monoisotopic (exact) mass is 1940 g/mol. The summed E-state index contributed by atoms with van der Waals surface area (Å²) in [5.41, 5.74) is 0.114. The summed E-state index contributed by atoms with van der Waals surface area (Å²) in [5, 5.41) is 52.0. The zero-order valence-electron chi connectivity index (χ0n) is 78.8. The van der Waals surface area contributed by atoms with Gasteiger partial charge >= 0.3 is 24.0 Å². The van der Waals surface area contributed by atoms with Crippen LogP contribution in [-0.4, -0.2) is 273 Å². The van der Waals surface area contributed by atoms with E-state index in [4.69, 9.17) is 38.9 Å². The van der Waals surface area contributed by atoms with Gasteiger partial charge < -0.3 is 81.5 Å². The molecule has 734 valence electrons. The van der Waals surface area contributed by atoms with Gasteiger partial charge in [0.15, 0.2) is 10.3 Å². The Morgan fingerprint density at radius 2 is 1.01 bits per heavy atom. The zero-order valence-corrected chi connectivity index (χ0v) is 82.1. The molecule has 4 aliphatic carbocycles. The molecule has 135 heavy (non-hydrogen) atoms. The molecule has 2 unspecified atom stereocenters. The SMILES string of the molecule is COc1ccc2c(O[C@@H]3C[C@H]4C(=O)N[C@]5(C(=O)O)CC5/C=C\CCCCC[C@H](NC(=O)N[C@H](CN5CCCN(C(C)C)S5(=O)=O)C5(C)CCCCC5)C(=O)N4C3)cc(-c3csc(NC(C)C)n3)nc2c1.COc1ccc2c(O[C@@H]3C[C@H]4C(=O)N[C@]5(C(=O)O)CC5/C=C\CCCCC[C@H](NC(=O)N[C@H](CN5CCCN(C)S5(=O)=O)C5CCC5)C(=O)N4C3)cc(-c3csc(NC(C)C)n3)nc2c1. The normalized spacial score (nSPS) is 27.4. The third-order valence-electron chi connectivity index (χ3n) is 28.3. The van der Waals surface area contributed by atoms with Gasteiger partial charge in [-0.05, 0) is 167 Å². The van der Waals surface area contributed by atoms with Crippen LogP contribution in [0.1, 0.15) is 203 Å². The maximum Gasteiger partial charge on any atom is 0.330 e. The molecule has 4 saturated carbocycles. The number of anilines is 2. The molecule has 4 saturated heterocycles. The number of carboxylic acid groups (broad SMARTS) is 2. The predicted octanol–water partition coefficient (Wildman–Crippen LogP) is 11.4. The summed E-state index contributed by atoms with van der Waals surface area (Å²) in [5.74, 6) is -3.13. The minimum absolute atomic E-state index is 0.0282. The fourth-order valence-electron chi connectivity index (χ4n) is 20.2. The molecule has 10 heterocycles. The van der Waals surface area contributed by atoms with Crippen LogP contribution in [0, 0.1) is 23.2 Å². The van der Waals surface area contributed by atoms with Crippen molar-refractivity contribution in [1.82, 2.24) is 78.9 Å². The minimum atomic E-state index is -3.79. The summed E-state index contributed by atoms with van der Waals surface area (Å²) in [6, 6.07) is 8.03. The molecular formula is C95H132N18O18S4. The lowest BCUT2D eigenvalue weighted by Crippen LogP contribution is -2.61. The summed E-state index contributed by atoms with van der Waals surface area (Å²) in [7, 11) is -2.76. The molecule has 36 nitrogen and oxygen atoms in total. The van der Waals surface area contributed by atoms with E-state index in [1.165, 1.54) is 49.7 Å². The van der Waals surface area contributed by atoms with Gasteiger partial charge in [0.2, 0.25) is 23.6 Å². The number of hydrogen-bond donors (Lipinski definition) is 10. The number of aromatic nitrogens is 4. The van der Waals surface area contributed by atoms with E-state index in [9.17, 15) is 60.6 Å². The van der Waals surface area contributed by atoms with Gasteiger partial charge in [0.1, 0.15) is 81.8 Å². The van der Waals surface area contributed by atoms with Crippen LogP contribution in [0.25, 0.3) is 44.6 Å². The zero-order chi connectivity index (χ0) is 96.0. The second-order valence-corrected chi connectivity index (χ2v) is 44.7. The van der Waals surface area contributed by atoms with Gasteiger partial charge in [0.25, 0.3) is 20.4 Å². The highest BCUT2D eigenvalue weighted by atomic mass is 32.2. The van der Waals surface area contributed by atoms with Crippen molar-refractivity contribution in [3.8, 4) is 45.8 Å². The highest BCUT2D eigenvalue weighted by Crippen LogP contribution is 2.49. The number of carboxylic acids is 2. The van der Waals surface area contributed by atoms with Crippen molar-refractivity contribution in [3.63, 3.8) is 0 Å². The fourth-order valence-corrected chi connectivity index (χ4v) is 25.2. The first-order valence-electron chi connectivity index (χ1n) is 48.0. The van der Waals surface area contributed by atoms with Crippen LogP contribution in [0.3, 0.4) is 0 Å². The molecule has 4 aromatic heterocycles. The topological polar surface area (TPSA) is 449 Å². The summed E-state index contributed by atoms with van der Waals surface area (Å²) >= 11 is 2.91. The highest BCUT2D eigenvalue weighted by molar-refractivity contribution is 7.87. The lowest BCUT2D eigenvalue weighted by molar-refractivity contribution is -0.146. The Kier molecular flexibility index (Phi) is 31.3. The van der Waals surface area contributed by atoms with Crippen LogP contribution in [-0.2, 0) is 49.2 Å². The van der Waals surface area contributed by atoms with Gasteiger partial charge in [-0.1, -0.05) is 82.6 Å². The standard InChI is InChI=1S/C50H71N9O9S2.C45H61N9O9S2/c1-31(2)51-48-54-40(30-69-48)39-26-42(36-19-18-34(67-6)24-38(36)52-39)68-35-25-41-44(60)56-50(46(62)63)27-33(50)16-11-8-7-9-12-17-37(45(61)58(41)28-35)53-47(64)55-43(49(5)20-13-10-14-21-49)29-57-22-15-23-59(32(3)4)70(57,65)66;1-27(2)46-44-50-37(26-64-44)35-22-39(32-17-16-30(62-4)20-34(32)47-35)63-31-21-38-40(55)51-45(42(57)58)23-29(45)14-8-6-5-7-9-15-33(41(56)54(38)24-31)48-43(59)49-36(28-12-10-13-28)25-53-19-11-18-52(3)65(53,60)61/h11,16,18-19,24,26,30-33,35,37,41,43H,7-10,12-15,17,20-23,25,27-29H2,1-6H3,(H,51,54)(H,56,60)(H,62,63)(H2,53,55,64);8,14,16-17,20,22,26-29,31,33,36,38H,5-7,9-13,15,18-19,21,23-25H2,1-4H3,(H,46,50)(H,51,55)(H,57,58)(H2,48,49,59)/b16-11-;14-8-/t33?,35-,37+,41+,43-,50-;29?,31-,33+,36-,38+,45-/m11/s1. The molecule has 6 aliphatic heterocycles. The molecule has 0 bridgehead atoms. The number of benzene rings is 2. The average molecular weight is 1940 g/mol. The number of hydrogen-bond acceptors (Lipinski definition) is 24. The Morgan fingerprint density at radius 1 is 0.548 bits per heavy atom. The number of ether oxygens (including phenoxy) is 4. The highest BCUT2D eigenvalue weighted by Gasteiger charge is 2.63. The number of fused-ring (bicyclic) bond motifs is 6. The van der Waals surface area contributed by atoms with Crippen LogP contribution in [0.5, 0.6) is 23.0 Å². The molecule has 10 aliphatic rings. The van der Waals surface area contributed by atoms with Crippen molar-refractivity contribution in [2.45, 2.75) is 280 Å². The third-order valence-corrected chi connectivity index (χ3v) is 34.0. The van der Waals surface area contributed by atoms with Crippen LogP contribution >= 0.6 is 22.7 Å². The number of methoxy groups -OCH3 is 2. The summed E-state index contributed by atoms with van der Waals surface area (Å²) in [6.07, 6.45) is 21.6. The van der Waals surface area contributed by atoms with Crippen molar-refractivity contribution < 1.29 is 84.4 Å². The van der Waals surface area contributed by atoms with E-state index in [1.807, 2.05) is 88.7 Å². The van der Waals surface area contributed by atoms with Crippen molar-refractivity contribution in [2.24, 2.45) is 23.2 Å². The van der Waals surface area contributed by atoms with Gasteiger partial charge in [-0.25, -0.2) is 39.1 Å². The number of rotatable bonds is 25. The number of urea groups is 2. The largest absolute Gasteiger partial charge is 0.497 e. The van der Waals surface area contributed by atoms with Gasteiger partial charge in [0.05, 0.1) is 49.7 Å². The van der Waals surface area contributed by atoms with E-state index < -0.39 is 145 Å². The first kappa shape index (κ1) is 99.4. The lowest BCUT2D eigenvalue weighted by Gasteiger charge is -2.45. The smallest absolute Gasteiger partial charge is 0.330 e. The minimum Gasteiger partial charge on any atom is -0.497 e. The van der Waals surface area contributed by atoms with Gasteiger partial charge in [-0.15, -0.1) is 22.7 Å². The van der Waals surface area contributed by atoms with E-state index in [0.717, 1.165) is 87.3 Å². The van der Waals surface area contributed by atoms with Gasteiger partial charge in [-0.3, -0.25) is 19.2 Å². The first-order valence-corrected chi connectivity index (χ1v) is 52.5. The number of nitrogens with one attached hydrogen (secondary N) is 8. The number of amides is 8. The van der Waals surface area contributed by atoms with Crippen LogP contribution < -0.4 is 61.5 Å². The molecule has 16 rings (SSSR count). The number of nitrogens with zero attached hydrogens (tertiary/aromatic N) is 10.